The summed E-state index contributed by atoms with van der Waals surface area (Å²) in [6.45, 7) is 2.28. The molecule has 0 saturated carbocycles. The summed E-state index contributed by atoms with van der Waals surface area (Å²) in [4.78, 5) is 23.2. The number of halogens is 2. The monoisotopic (exact) mass is 383 g/mol. The van der Waals surface area contributed by atoms with Gasteiger partial charge in [0.05, 0.1) is 36.0 Å². The number of carbonyl (C=O) groups excluding carboxylic acids is 2. The van der Waals surface area contributed by atoms with Crippen molar-refractivity contribution in [3.05, 3.63) is 41.0 Å². The number of hydrogen-bond acceptors (Lipinski definition) is 5. The van der Waals surface area contributed by atoms with Crippen LogP contribution in [-0.2, 0) is 14.3 Å². The molecule has 0 fully saturated rings. The van der Waals surface area contributed by atoms with Crippen LogP contribution in [0.4, 0.5) is 0 Å². The van der Waals surface area contributed by atoms with E-state index in [2.05, 4.69) is 4.74 Å². The van der Waals surface area contributed by atoms with E-state index in [0.717, 1.165) is 12.8 Å². The standard InChI is InChI=1S/C18H19Cl2NO4/c1-3-4-9-25-18(23)15(19)10-14(11-21)16(20)12-5-7-13(8-6-12)17(22)24-2/h5-8,15H,3-4,9-10H2,1-2H3/b16-14-. The highest BCUT2D eigenvalue weighted by atomic mass is 35.5. The molecular weight excluding hydrogens is 365 g/mol. The van der Waals surface area contributed by atoms with Crippen molar-refractivity contribution >= 4 is 40.2 Å². The number of esters is 2. The Balaban J connectivity index is 2.87. The number of nitrogens with zero attached hydrogens (tertiary/aromatic N) is 1. The number of alkyl halides is 1. The first-order valence-corrected chi connectivity index (χ1v) is 8.54. The molecule has 0 aliphatic heterocycles. The Morgan fingerprint density at radius 2 is 1.84 bits per heavy atom. The zero-order valence-corrected chi connectivity index (χ0v) is 15.6. The molecule has 1 aromatic carbocycles. The average Bonchev–Trinajstić information content (AvgIpc) is 2.64. The lowest BCUT2D eigenvalue weighted by atomic mass is 10.1. The van der Waals surface area contributed by atoms with Crippen molar-refractivity contribution in [2.75, 3.05) is 13.7 Å². The lowest BCUT2D eigenvalue weighted by molar-refractivity contribution is -0.143. The molecule has 0 radical (unpaired) electrons. The predicted octanol–water partition coefficient (Wildman–Crippen LogP) is 4.29. The molecule has 0 aromatic heterocycles. The summed E-state index contributed by atoms with van der Waals surface area (Å²) in [6.07, 6.45) is 1.61. The van der Waals surface area contributed by atoms with Gasteiger partial charge in [-0.15, -0.1) is 11.6 Å². The molecule has 1 rings (SSSR count). The largest absolute Gasteiger partial charge is 0.465 e. The number of rotatable bonds is 8. The van der Waals surface area contributed by atoms with E-state index in [-0.39, 0.29) is 17.0 Å². The third-order valence-electron chi connectivity index (χ3n) is 3.34. The van der Waals surface area contributed by atoms with Crippen molar-refractivity contribution in [2.45, 2.75) is 31.6 Å². The summed E-state index contributed by atoms with van der Waals surface area (Å²) in [5.41, 5.74) is 1.07. The number of methoxy groups -OCH3 is 1. The van der Waals surface area contributed by atoms with E-state index in [4.69, 9.17) is 27.9 Å². The lowest BCUT2D eigenvalue weighted by Crippen LogP contribution is -2.19. The van der Waals surface area contributed by atoms with Gasteiger partial charge < -0.3 is 9.47 Å². The van der Waals surface area contributed by atoms with Gasteiger partial charge in [0.25, 0.3) is 0 Å². The van der Waals surface area contributed by atoms with Crippen molar-refractivity contribution in [1.29, 1.82) is 5.26 Å². The van der Waals surface area contributed by atoms with Crippen LogP contribution in [-0.4, -0.2) is 31.0 Å². The lowest BCUT2D eigenvalue weighted by Gasteiger charge is -2.10. The maximum absolute atomic E-state index is 11.8. The van der Waals surface area contributed by atoms with E-state index in [1.807, 2.05) is 13.0 Å². The number of nitriles is 1. The van der Waals surface area contributed by atoms with Crippen LogP contribution in [0.1, 0.15) is 42.1 Å². The molecule has 5 nitrogen and oxygen atoms in total. The second-order valence-electron chi connectivity index (χ2n) is 5.17. The van der Waals surface area contributed by atoms with E-state index < -0.39 is 17.3 Å². The highest BCUT2D eigenvalue weighted by molar-refractivity contribution is 6.49. The van der Waals surface area contributed by atoms with Gasteiger partial charge in [-0.05, 0) is 24.1 Å². The van der Waals surface area contributed by atoms with Gasteiger partial charge in [0, 0.05) is 6.42 Å². The van der Waals surface area contributed by atoms with Crippen LogP contribution in [0, 0.1) is 11.3 Å². The maximum atomic E-state index is 11.8. The molecule has 0 N–H and O–H groups in total. The van der Waals surface area contributed by atoms with E-state index in [0.29, 0.717) is 17.7 Å². The minimum Gasteiger partial charge on any atom is -0.465 e. The van der Waals surface area contributed by atoms with Gasteiger partial charge in [-0.1, -0.05) is 37.1 Å². The molecule has 0 heterocycles. The molecule has 1 aromatic rings. The van der Waals surface area contributed by atoms with Crippen LogP contribution < -0.4 is 0 Å². The SMILES string of the molecule is CCCCOC(=O)C(Cl)C/C(C#N)=C(/Cl)c1ccc(C(=O)OC)cc1. The van der Waals surface area contributed by atoms with Gasteiger partial charge in [0.2, 0.25) is 0 Å². The molecule has 0 amide bonds. The fraction of sp³-hybridized carbons (Fsp3) is 0.389. The van der Waals surface area contributed by atoms with Crippen molar-refractivity contribution in [2.24, 2.45) is 0 Å². The highest BCUT2D eigenvalue weighted by Gasteiger charge is 2.21. The topological polar surface area (TPSA) is 76.4 Å². The van der Waals surface area contributed by atoms with Crippen LogP contribution in [0.15, 0.2) is 29.8 Å². The van der Waals surface area contributed by atoms with E-state index in [9.17, 15) is 14.9 Å². The number of hydrogen-bond donors (Lipinski definition) is 0. The maximum Gasteiger partial charge on any atom is 0.337 e. The number of carbonyl (C=O) groups is 2. The quantitative estimate of drug-likeness (QED) is 0.289. The molecule has 134 valence electrons. The molecular formula is C18H19Cl2NO4. The number of ether oxygens (including phenoxy) is 2. The van der Waals surface area contributed by atoms with Crippen molar-refractivity contribution in [3.8, 4) is 6.07 Å². The second-order valence-corrected chi connectivity index (χ2v) is 6.07. The van der Waals surface area contributed by atoms with Crippen LogP contribution in [0.3, 0.4) is 0 Å². The molecule has 1 unspecified atom stereocenters. The zero-order valence-electron chi connectivity index (χ0n) is 14.1. The fourth-order valence-corrected chi connectivity index (χ4v) is 2.36. The van der Waals surface area contributed by atoms with Crippen LogP contribution in [0.5, 0.6) is 0 Å². The third kappa shape index (κ3) is 6.41. The Morgan fingerprint density at radius 1 is 1.24 bits per heavy atom. The van der Waals surface area contributed by atoms with Gasteiger partial charge in [-0.3, -0.25) is 4.79 Å². The van der Waals surface area contributed by atoms with E-state index >= 15 is 0 Å². The van der Waals surface area contributed by atoms with Crippen LogP contribution >= 0.6 is 23.2 Å². The fourth-order valence-electron chi connectivity index (χ4n) is 1.90. The van der Waals surface area contributed by atoms with Crippen LogP contribution in [0.25, 0.3) is 5.03 Å². The first-order valence-electron chi connectivity index (χ1n) is 7.72. The minimum absolute atomic E-state index is 0.0411. The Bertz CT molecular complexity index is 677. The summed E-state index contributed by atoms with van der Waals surface area (Å²) in [7, 11) is 1.29. The number of benzene rings is 1. The van der Waals surface area contributed by atoms with E-state index in [1.54, 1.807) is 12.1 Å². The second kappa shape index (κ2) is 10.8. The van der Waals surface area contributed by atoms with Gasteiger partial charge in [-0.2, -0.15) is 5.26 Å². The summed E-state index contributed by atoms with van der Waals surface area (Å²) < 4.78 is 9.65. The average molecular weight is 384 g/mol. The molecule has 25 heavy (non-hydrogen) atoms. The van der Waals surface area contributed by atoms with Gasteiger partial charge >= 0.3 is 11.9 Å². The normalized spacial score (nSPS) is 12.6. The Hall–Kier alpha value is -2.03. The first kappa shape index (κ1) is 21.0. The molecule has 0 saturated heterocycles. The highest BCUT2D eigenvalue weighted by Crippen LogP contribution is 2.27. The van der Waals surface area contributed by atoms with Crippen molar-refractivity contribution in [1.82, 2.24) is 0 Å². The van der Waals surface area contributed by atoms with Crippen molar-refractivity contribution in [3.63, 3.8) is 0 Å². The minimum atomic E-state index is -0.991. The third-order valence-corrected chi connectivity index (χ3v) is 4.12. The Morgan fingerprint density at radius 3 is 2.36 bits per heavy atom. The van der Waals surface area contributed by atoms with E-state index in [1.165, 1.54) is 19.2 Å². The molecule has 0 aliphatic rings. The summed E-state index contributed by atoms with van der Waals surface area (Å²) >= 11 is 12.3. The summed E-state index contributed by atoms with van der Waals surface area (Å²) in [5.74, 6) is -1.05. The Kier molecular flexibility index (Phi) is 9.04. The number of unbranched alkanes of at least 4 members (excludes halogenated alkanes) is 1. The molecule has 1 atom stereocenters. The van der Waals surface area contributed by atoms with Crippen LogP contribution in [0.2, 0.25) is 0 Å². The zero-order chi connectivity index (χ0) is 18.8. The number of allylic oxidation sites excluding steroid dienone is 1. The van der Waals surface area contributed by atoms with Gasteiger partial charge in [0.15, 0.2) is 0 Å². The molecule has 0 spiro atoms. The predicted molar refractivity (Wildman–Crippen MR) is 96.3 cm³/mol. The molecule has 0 aliphatic carbocycles. The first-order chi connectivity index (χ1) is 11.9. The molecule has 0 bridgehead atoms. The molecule has 7 heteroatoms. The summed E-state index contributed by atoms with van der Waals surface area (Å²) in [6, 6.07) is 8.22. The Labute approximate surface area is 157 Å². The smallest absolute Gasteiger partial charge is 0.337 e. The van der Waals surface area contributed by atoms with Gasteiger partial charge in [0.1, 0.15) is 5.38 Å². The van der Waals surface area contributed by atoms with Crippen molar-refractivity contribution < 1.29 is 19.1 Å². The summed E-state index contributed by atoms with van der Waals surface area (Å²) in [5, 5.41) is 8.49. The van der Waals surface area contributed by atoms with Gasteiger partial charge in [-0.25, -0.2) is 4.79 Å².